The first-order valence-electron chi connectivity index (χ1n) is 7.90. The number of hydrazone groups is 1. The summed E-state index contributed by atoms with van der Waals surface area (Å²) in [5.74, 6) is 1.20. The molecule has 1 heterocycles. The Hall–Kier alpha value is -2.54. The van der Waals surface area contributed by atoms with E-state index < -0.39 is 0 Å². The quantitative estimate of drug-likeness (QED) is 0.571. The van der Waals surface area contributed by atoms with E-state index in [1.54, 1.807) is 6.21 Å². The molecule has 1 aliphatic heterocycles. The van der Waals surface area contributed by atoms with Crippen molar-refractivity contribution in [2.45, 2.75) is 19.4 Å². The van der Waals surface area contributed by atoms with Crippen LogP contribution in [0.3, 0.4) is 0 Å². The maximum atomic E-state index is 12.3. The van der Waals surface area contributed by atoms with Gasteiger partial charge in [0.1, 0.15) is 6.04 Å². The van der Waals surface area contributed by atoms with Crippen molar-refractivity contribution in [1.82, 2.24) is 5.43 Å². The SMILES string of the molecule is CC[C@@H](Nc1ccc(Br)cc1)C(=O)N/N=C\c1ccc2c(c1)OCO2. The van der Waals surface area contributed by atoms with Crippen LogP contribution in [0.1, 0.15) is 18.9 Å². The number of carbonyl (C=O) groups is 1. The molecule has 130 valence electrons. The van der Waals surface area contributed by atoms with Crippen molar-refractivity contribution in [3.63, 3.8) is 0 Å². The van der Waals surface area contributed by atoms with E-state index in [4.69, 9.17) is 9.47 Å². The minimum absolute atomic E-state index is 0.192. The number of amides is 1. The van der Waals surface area contributed by atoms with E-state index in [-0.39, 0.29) is 18.7 Å². The van der Waals surface area contributed by atoms with Gasteiger partial charge in [0.25, 0.3) is 5.91 Å². The molecule has 25 heavy (non-hydrogen) atoms. The van der Waals surface area contributed by atoms with Crippen molar-refractivity contribution in [3.05, 3.63) is 52.5 Å². The fourth-order valence-electron chi connectivity index (χ4n) is 2.34. The molecule has 2 N–H and O–H groups in total. The standard InChI is InChI=1S/C18H18BrN3O3/c1-2-15(21-14-6-4-13(19)5-7-14)18(23)22-20-10-12-3-8-16-17(9-12)25-11-24-16/h3-10,15,21H,2,11H2,1H3,(H,22,23)/b20-10-/t15-/m1/s1. The van der Waals surface area contributed by atoms with Gasteiger partial charge in [-0.3, -0.25) is 4.79 Å². The molecule has 0 bridgehead atoms. The second-order valence-corrected chi connectivity index (χ2v) is 6.37. The number of rotatable bonds is 6. The van der Waals surface area contributed by atoms with E-state index in [2.05, 4.69) is 31.8 Å². The number of hydrogen-bond donors (Lipinski definition) is 2. The molecular formula is C18H18BrN3O3. The fourth-order valence-corrected chi connectivity index (χ4v) is 2.61. The summed E-state index contributed by atoms with van der Waals surface area (Å²) >= 11 is 3.39. The Morgan fingerprint density at radius 1 is 1.24 bits per heavy atom. The lowest BCUT2D eigenvalue weighted by molar-refractivity contribution is -0.121. The van der Waals surface area contributed by atoms with Crippen molar-refractivity contribution in [2.75, 3.05) is 12.1 Å². The van der Waals surface area contributed by atoms with E-state index >= 15 is 0 Å². The molecule has 0 spiro atoms. The lowest BCUT2D eigenvalue weighted by Gasteiger charge is -2.16. The summed E-state index contributed by atoms with van der Waals surface area (Å²) in [5, 5.41) is 7.22. The Balaban J connectivity index is 1.57. The maximum Gasteiger partial charge on any atom is 0.262 e. The van der Waals surface area contributed by atoms with Crippen molar-refractivity contribution in [1.29, 1.82) is 0 Å². The molecule has 3 rings (SSSR count). The largest absolute Gasteiger partial charge is 0.454 e. The lowest BCUT2D eigenvalue weighted by Crippen LogP contribution is -2.36. The molecule has 1 aliphatic rings. The molecule has 6 nitrogen and oxygen atoms in total. The number of fused-ring (bicyclic) bond motifs is 1. The minimum atomic E-state index is -0.366. The molecule has 2 aromatic carbocycles. The number of anilines is 1. The average molecular weight is 404 g/mol. The Bertz CT molecular complexity index is 778. The van der Waals surface area contributed by atoms with Gasteiger partial charge < -0.3 is 14.8 Å². The number of benzene rings is 2. The molecule has 1 atom stereocenters. The number of nitrogens with zero attached hydrogens (tertiary/aromatic N) is 1. The van der Waals surface area contributed by atoms with Crippen LogP contribution in [0.2, 0.25) is 0 Å². The van der Waals surface area contributed by atoms with Gasteiger partial charge in [-0.25, -0.2) is 5.43 Å². The van der Waals surface area contributed by atoms with Gasteiger partial charge in [0.2, 0.25) is 6.79 Å². The highest BCUT2D eigenvalue weighted by Crippen LogP contribution is 2.31. The number of hydrogen-bond acceptors (Lipinski definition) is 5. The molecule has 7 heteroatoms. The predicted molar refractivity (Wildman–Crippen MR) is 100 cm³/mol. The van der Waals surface area contributed by atoms with Crippen LogP contribution in [0.25, 0.3) is 0 Å². The number of ether oxygens (including phenoxy) is 2. The highest BCUT2D eigenvalue weighted by molar-refractivity contribution is 9.10. The van der Waals surface area contributed by atoms with Crippen molar-refractivity contribution in [2.24, 2.45) is 5.10 Å². The highest BCUT2D eigenvalue weighted by Gasteiger charge is 2.16. The van der Waals surface area contributed by atoms with Gasteiger partial charge in [-0.05, 0) is 54.4 Å². The van der Waals surface area contributed by atoms with Crippen LogP contribution in [-0.4, -0.2) is 25.0 Å². The van der Waals surface area contributed by atoms with Crippen LogP contribution < -0.4 is 20.2 Å². The van der Waals surface area contributed by atoms with E-state index in [9.17, 15) is 4.79 Å². The summed E-state index contributed by atoms with van der Waals surface area (Å²) in [6.07, 6.45) is 2.22. The Kier molecular flexibility index (Phi) is 5.55. The maximum absolute atomic E-state index is 12.3. The summed E-state index contributed by atoms with van der Waals surface area (Å²) in [7, 11) is 0. The first kappa shape index (κ1) is 17.3. The highest BCUT2D eigenvalue weighted by atomic mass is 79.9. The minimum Gasteiger partial charge on any atom is -0.454 e. The van der Waals surface area contributed by atoms with E-state index in [1.165, 1.54) is 0 Å². The topological polar surface area (TPSA) is 72.0 Å². The van der Waals surface area contributed by atoms with Crippen LogP contribution in [0.4, 0.5) is 5.69 Å². The number of carbonyl (C=O) groups excluding carboxylic acids is 1. The molecule has 0 saturated heterocycles. The van der Waals surface area contributed by atoms with Crippen LogP contribution in [0.5, 0.6) is 11.5 Å². The van der Waals surface area contributed by atoms with Crippen molar-refractivity contribution in [3.8, 4) is 11.5 Å². The van der Waals surface area contributed by atoms with Gasteiger partial charge in [-0.1, -0.05) is 22.9 Å². The summed E-state index contributed by atoms with van der Waals surface area (Å²) in [6.45, 7) is 2.17. The summed E-state index contributed by atoms with van der Waals surface area (Å²) in [4.78, 5) is 12.3. The summed E-state index contributed by atoms with van der Waals surface area (Å²) in [5.41, 5.74) is 4.27. The van der Waals surface area contributed by atoms with Crippen LogP contribution in [0, 0.1) is 0 Å². The van der Waals surface area contributed by atoms with Gasteiger partial charge in [-0.15, -0.1) is 0 Å². The Morgan fingerprint density at radius 3 is 2.76 bits per heavy atom. The first-order valence-corrected chi connectivity index (χ1v) is 8.69. The number of nitrogens with one attached hydrogen (secondary N) is 2. The Labute approximate surface area is 154 Å². The number of halogens is 1. The Morgan fingerprint density at radius 2 is 2.00 bits per heavy atom. The van der Waals surface area contributed by atoms with Crippen molar-refractivity contribution < 1.29 is 14.3 Å². The fraction of sp³-hybridized carbons (Fsp3) is 0.222. The van der Waals surface area contributed by atoms with Crippen LogP contribution in [0.15, 0.2) is 52.0 Å². The molecule has 0 aromatic heterocycles. The normalized spacial score (nSPS) is 13.7. The summed E-state index contributed by atoms with van der Waals surface area (Å²) < 4.78 is 11.6. The molecule has 0 saturated carbocycles. The van der Waals surface area contributed by atoms with Gasteiger partial charge in [0.05, 0.1) is 6.21 Å². The monoisotopic (exact) mass is 403 g/mol. The molecule has 0 aliphatic carbocycles. The van der Waals surface area contributed by atoms with E-state index in [1.807, 2.05) is 49.4 Å². The van der Waals surface area contributed by atoms with Gasteiger partial charge in [-0.2, -0.15) is 5.10 Å². The third-order valence-electron chi connectivity index (χ3n) is 3.69. The molecule has 0 fully saturated rings. The zero-order valence-electron chi connectivity index (χ0n) is 13.7. The summed E-state index contributed by atoms with van der Waals surface area (Å²) in [6, 6.07) is 12.8. The third kappa shape index (κ3) is 4.51. The second kappa shape index (κ2) is 8.02. The van der Waals surface area contributed by atoms with Gasteiger partial charge in [0, 0.05) is 10.2 Å². The second-order valence-electron chi connectivity index (χ2n) is 5.46. The van der Waals surface area contributed by atoms with Crippen LogP contribution >= 0.6 is 15.9 Å². The average Bonchev–Trinajstić information content (AvgIpc) is 3.09. The molecule has 2 aromatic rings. The van der Waals surface area contributed by atoms with E-state index in [0.29, 0.717) is 17.9 Å². The molecule has 1 amide bonds. The smallest absolute Gasteiger partial charge is 0.262 e. The lowest BCUT2D eigenvalue weighted by atomic mass is 10.2. The molecule has 0 radical (unpaired) electrons. The predicted octanol–water partition coefficient (Wildman–Crippen LogP) is 3.52. The zero-order valence-corrected chi connectivity index (χ0v) is 15.2. The van der Waals surface area contributed by atoms with E-state index in [0.717, 1.165) is 15.7 Å². The molecule has 0 unspecified atom stereocenters. The van der Waals surface area contributed by atoms with Gasteiger partial charge >= 0.3 is 0 Å². The molecular weight excluding hydrogens is 386 g/mol. The van der Waals surface area contributed by atoms with Crippen LogP contribution in [-0.2, 0) is 4.79 Å². The first-order chi connectivity index (χ1) is 12.2. The van der Waals surface area contributed by atoms with Crippen molar-refractivity contribution >= 4 is 33.7 Å². The third-order valence-corrected chi connectivity index (χ3v) is 4.22. The zero-order chi connectivity index (χ0) is 17.6. The van der Waals surface area contributed by atoms with Gasteiger partial charge in [0.15, 0.2) is 11.5 Å².